The highest BCUT2D eigenvalue weighted by Gasteiger charge is 2.11. The van der Waals surface area contributed by atoms with Gasteiger partial charge in [0.05, 0.1) is 11.9 Å². The first-order valence-corrected chi connectivity index (χ1v) is 4.96. The molecule has 0 aliphatic carbocycles. The molecule has 3 nitrogen and oxygen atoms in total. The van der Waals surface area contributed by atoms with Gasteiger partial charge in [-0.2, -0.15) is 0 Å². The van der Waals surface area contributed by atoms with Crippen LogP contribution in [-0.2, 0) is 0 Å². The van der Waals surface area contributed by atoms with E-state index in [4.69, 9.17) is 0 Å². The SMILES string of the molecule is O=Cc1ncc(Br)n1-c1ccccc1F. The number of halogens is 2. The van der Waals surface area contributed by atoms with Gasteiger partial charge in [0.25, 0.3) is 0 Å². The summed E-state index contributed by atoms with van der Waals surface area (Å²) in [6.07, 6.45) is 2.04. The van der Waals surface area contributed by atoms with Crippen molar-refractivity contribution in [2.45, 2.75) is 0 Å². The monoisotopic (exact) mass is 268 g/mol. The van der Waals surface area contributed by atoms with Crippen molar-refractivity contribution in [2.24, 2.45) is 0 Å². The lowest BCUT2D eigenvalue weighted by atomic mass is 10.3. The number of imidazole rings is 1. The van der Waals surface area contributed by atoms with Gasteiger partial charge < -0.3 is 0 Å². The van der Waals surface area contributed by atoms with Gasteiger partial charge in [-0.25, -0.2) is 9.37 Å². The van der Waals surface area contributed by atoms with Crippen LogP contribution < -0.4 is 0 Å². The molecule has 1 heterocycles. The number of rotatable bonds is 2. The molecule has 15 heavy (non-hydrogen) atoms. The first kappa shape index (κ1) is 10.0. The van der Waals surface area contributed by atoms with Crippen molar-refractivity contribution in [3.63, 3.8) is 0 Å². The first-order valence-electron chi connectivity index (χ1n) is 4.17. The van der Waals surface area contributed by atoms with E-state index in [-0.39, 0.29) is 5.82 Å². The lowest BCUT2D eigenvalue weighted by molar-refractivity contribution is 0.111. The van der Waals surface area contributed by atoms with Crippen LogP contribution in [0.3, 0.4) is 0 Å². The molecule has 2 rings (SSSR count). The van der Waals surface area contributed by atoms with Gasteiger partial charge in [-0.3, -0.25) is 9.36 Å². The van der Waals surface area contributed by atoms with Crippen LogP contribution in [0.15, 0.2) is 35.1 Å². The van der Waals surface area contributed by atoms with Crippen LogP contribution in [0.2, 0.25) is 0 Å². The van der Waals surface area contributed by atoms with E-state index in [0.717, 1.165) is 0 Å². The number of benzene rings is 1. The van der Waals surface area contributed by atoms with Crippen molar-refractivity contribution < 1.29 is 9.18 Å². The standard InChI is InChI=1S/C10H6BrFN2O/c11-9-5-13-10(6-15)14(9)8-4-2-1-3-7(8)12/h1-6H. The third-order valence-electron chi connectivity index (χ3n) is 1.94. The Kier molecular flexibility index (Phi) is 2.64. The molecule has 0 N–H and O–H groups in total. The summed E-state index contributed by atoms with van der Waals surface area (Å²) in [5.41, 5.74) is 0.295. The molecule has 1 aromatic carbocycles. The molecule has 5 heteroatoms. The van der Waals surface area contributed by atoms with E-state index in [1.807, 2.05) is 0 Å². The number of nitrogens with zero attached hydrogens (tertiary/aromatic N) is 2. The molecule has 76 valence electrons. The van der Waals surface area contributed by atoms with Crippen LogP contribution >= 0.6 is 15.9 Å². The molecule has 2 aromatic rings. The second kappa shape index (κ2) is 3.94. The molecule has 0 saturated heterocycles. The minimum absolute atomic E-state index is 0.159. The van der Waals surface area contributed by atoms with Crippen molar-refractivity contribution in [3.05, 3.63) is 46.7 Å². The van der Waals surface area contributed by atoms with Crippen molar-refractivity contribution in [1.29, 1.82) is 0 Å². The van der Waals surface area contributed by atoms with Gasteiger partial charge >= 0.3 is 0 Å². The average Bonchev–Trinajstić information content (AvgIpc) is 2.60. The Morgan fingerprint density at radius 1 is 1.40 bits per heavy atom. The van der Waals surface area contributed by atoms with E-state index < -0.39 is 5.82 Å². The summed E-state index contributed by atoms with van der Waals surface area (Å²) in [4.78, 5) is 14.5. The Morgan fingerprint density at radius 2 is 2.13 bits per heavy atom. The van der Waals surface area contributed by atoms with Gasteiger partial charge in [0.2, 0.25) is 0 Å². The van der Waals surface area contributed by atoms with Gasteiger partial charge in [0.15, 0.2) is 12.1 Å². The maximum absolute atomic E-state index is 13.5. The molecular weight excluding hydrogens is 263 g/mol. The molecule has 0 amide bonds. The van der Waals surface area contributed by atoms with Crippen LogP contribution in [0, 0.1) is 5.82 Å². The molecule has 0 radical (unpaired) electrons. The third-order valence-corrected chi connectivity index (χ3v) is 2.50. The number of hydrogen-bond donors (Lipinski definition) is 0. The van der Waals surface area contributed by atoms with Gasteiger partial charge in [0.1, 0.15) is 10.4 Å². The van der Waals surface area contributed by atoms with Crippen molar-refractivity contribution in [2.75, 3.05) is 0 Å². The zero-order valence-corrected chi connectivity index (χ0v) is 9.11. The lowest BCUT2D eigenvalue weighted by Crippen LogP contribution is -2.02. The number of carbonyl (C=O) groups is 1. The highest BCUT2D eigenvalue weighted by atomic mass is 79.9. The van der Waals surface area contributed by atoms with Crippen molar-refractivity contribution in [3.8, 4) is 5.69 Å². The Hall–Kier alpha value is -1.49. The molecule has 0 saturated carbocycles. The number of aromatic nitrogens is 2. The van der Waals surface area contributed by atoms with Crippen LogP contribution in [0.4, 0.5) is 4.39 Å². The third kappa shape index (κ3) is 1.70. The molecule has 0 aliphatic rings. The molecule has 0 aliphatic heterocycles. The summed E-state index contributed by atoms with van der Waals surface area (Å²) in [7, 11) is 0. The fourth-order valence-electron chi connectivity index (χ4n) is 1.30. The Morgan fingerprint density at radius 3 is 2.80 bits per heavy atom. The first-order chi connectivity index (χ1) is 7.24. The maximum atomic E-state index is 13.5. The predicted molar refractivity (Wildman–Crippen MR) is 56.6 cm³/mol. The summed E-state index contributed by atoms with van der Waals surface area (Å²) in [5.74, 6) is -0.244. The zero-order chi connectivity index (χ0) is 10.8. The largest absolute Gasteiger partial charge is 0.294 e. The minimum Gasteiger partial charge on any atom is -0.294 e. The van der Waals surface area contributed by atoms with E-state index in [0.29, 0.717) is 16.6 Å². The van der Waals surface area contributed by atoms with E-state index in [2.05, 4.69) is 20.9 Å². The smallest absolute Gasteiger partial charge is 0.185 e. The summed E-state index contributed by atoms with van der Waals surface area (Å²) in [5, 5.41) is 0. The Labute approximate surface area is 93.7 Å². The average molecular weight is 269 g/mol. The van der Waals surface area contributed by atoms with Crippen LogP contribution in [0.25, 0.3) is 5.69 Å². The van der Waals surface area contributed by atoms with Crippen molar-refractivity contribution in [1.82, 2.24) is 9.55 Å². The lowest BCUT2D eigenvalue weighted by Gasteiger charge is -2.06. The summed E-state index contributed by atoms with van der Waals surface area (Å²) >= 11 is 3.20. The predicted octanol–water partition coefficient (Wildman–Crippen LogP) is 2.59. The fraction of sp³-hybridized carbons (Fsp3) is 0. The maximum Gasteiger partial charge on any atom is 0.185 e. The fourth-order valence-corrected chi connectivity index (χ4v) is 1.77. The van der Waals surface area contributed by atoms with Gasteiger partial charge in [-0.1, -0.05) is 12.1 Å². The van der Waals surface area contributed by atoms with E-state index in [1.165, 1.54) is 16.8 Å². The van der Waals surface area contributed by atoms with E-state index in [9.17, 15) is 9.18 Å². The zero-order valence-electron chi connectivity index (χ0n) is 7.52. The van der Waals surface area contributed by atoms with Crippen LogP contribution in [0.5, 0.6) is 0 Å². The molecule has 0 bridgehead atoms. The highest BCUT2D eigenvalue weighted by Crippen LogP contribution is 2.20. The van der Waals surface area contributed by atoms with Gasteiger partial charge in [0, 0.05) is 0 Å². The topological polar surface area (TPSA) is 34.9 Å². The molecule has 0 fully saturated rings. The number of hydrogen-bond acceptors (Lipinski definition) is 2. The van der Waals surface area contributed by atoms with Gasteiger partial charge in [-0.15, -0.1) is 0 Å². The molecule has 0 spiro atoms. The van der Waals surface area contributed by atoms with Crippen LogP contribution in [-0.4, -0.2) is 15.8 Å². The van der Waals surface area contributed by atoms with Crippen LogP contribution in [0.1, 0.15) is 10.6 Å². The normalized spacial score (nSPS) is 10.3. The van der Waals surface area contributed by atoms with E-state index >= 15 is 0 Å². The minimum atomic E-state index is -0.403. The quantitative estimate of drug-likeness (QED) is 0.785. The van der Waals surface area contributed by atoms with Gasteiger partial charge in [-0.05, 0) is 28.1 Å². The molecular formula is C10H6BrFN2O. The summed E-state index contributed by atoms with van der Waals surface area (Å²) < 4.78 is 15.4. The second-order valence-corrected chi connectivity index (χ2v) is 3.66. The number of aldehydes is 1. The molecule has 0 unspecified atom stereocenters. The number of para-hydroxylation sites is 1. The molecule has 0 atom stereocenters. The second-order valence-electron chi connectivity index (χ2n) is 2.84. The Balaban J connectivity index is 2.68. The number of carbonyl (C=O) groups excluding carboxylic acids is 1. The van der Waals surface area contributed by atoms with Crippen molar-refractivity contribution >= 4 is 22.2 Å². The molecule has 1 aromatic heterocycles. The van der Waals surface area contributed by atoms with E-state index in [1.54, 1.807) is 18.2 Å². The highest BCUT2D eigenvalue weighted by molar-refractivity contribution is 9.10. The summed E-state index contributed by atoms with van der Waals surface area (Å²) in [6.45, 7) is 0. The summed E-state index contributed by atoms with van der Waals surface area (Å²) in [6, 6.07) is 6.19. The Bertz CT molecular complexity index is 510.